The Labute approximate surface area is 90.2 Å². The van der Waals surface area contributed by atoms with Crippen LogP contribution in [0.15, 0.2) is 12.4 Å². The molecule has 15 heavy (non-hydrogen) atoms. The number of hydrogen-bond acceptors (Lipinski definition) is 2. The molecular weight excluding hydrogens is 186 g/mol. The Kier molecular flexibility index (Phi) is 2.07. The van der Waals surface area contributed by atoms with E-state index in [1.807, 2.05) is 6.92 Å². The fraction of sp³-hybridized carbons (Fsp3) is 0.500. The predicted octanol–water partition coefficient (Wildman–Crippen LogP) is 2.57. The van der Waals surface area contributed by atoms with Gasteiger partial charge in [-0.1, -0.05) is 20.8 Å². The normalized spacial score (nSPS) is 12.3. The number of hydrogen-bond donors (Lipinski definition) is 0. The first kappa shape index (κ1) is 10.1. The summed E-state index contributed by atoms with van der Waals surface area (Å²) in [6.07, 6.45) is 1.63. The van der Waals surface area contributed by atoms with Gasteiger partial charge in [0.25, 0.3) is 0 Å². The molecule has 0 saturated carbocycles. The Morgan fingerprint density at radius 2 is 1.87 bits per heavy atom. The topological polar surface area (TPSA) is 30.7 Å². The van der Waals surface area contributed by atoms with Gasteiger partial charge in [-0.05, 0) is 13.0 Å². The molecule has 0 amide bonds. The summed E-state index contributed by atoms with van der Waals surface area (Å²) in [7, 11) is 2.06. The fourth-order valence-corrected chi connectivity index (χ4v) is 1.97. The summed E-state index contributed by atoms with van der Waals surface area (Å²) in [5.41, 5.74) is 3.50. The van der Waals surface area contributed by atoms with Gasteiger partial charge in [0, 0.05) is 23.5 Å². The Bertz CT molecular complexity index is 503. The lowest BCUT2D eigenvalue weighted by atomic mass is 9.92. The standard InChI is InChI=1S/C12H17N3/c1-8-9-6-10(12(2,3)4)15(5)11(9)14-7-13-8/h6-7H,1-5H3. The van der Waals surface area contributed by atoms with Crippen molar-refractivity contribution in [2.75, 3.05) is 0 Å². The highest BCUT2D eigenvalue weighted by atomic mass is 15.0. The molecule has 0 unspecified atom stereocenters. The van der Waals surface area contributed by atoms with Crippen molar-refractivity contribution in [2.24, 2.45) is 7.05 Å². The molecule has 2 rings (SSSR count). The molecule has 0 N–H and O–H groups in total. The second kappa shape index (κ2) is 3.05. The maximum Gasteiger partial charge on any atom is 0.143 e. The Hall–Kier alpha value is -1.38. The van der Waals surface area contributed by atoms with Crippen LogP contribution in [0.1, 0.15) is 32.2 Å². The molecular formula is C12H17N3. The number of aryl methyl sites for hydroxylation is 2. The van der Waals surface area contributed by atoms with Crippen molar-refractivity contribution in [3.8, 4) is 0 Å². The van der Waals surface area contributed by atoms with E-state index >= 15 is 0 Å². The van der Waals surface area contributed by atoms with E-state index in [1.165, 1.54) is 5.69 Å². The van der Waals surface area contributed by atoms with Crippen LogP contribution >= 0.6 is 0 Å². The van der Waals surface area contributed by atoms with Crippen molar-refractivity contribution < 1.29 is 0 Å². The zero-order valence-electron chi connectivity index (χ0n) is 10.00. The number of nitrogens with zero attached hydrogens (tertiary/aromatic N) is 3. The first-order valence-electron chi connectivity index (χ1n) is 5.19. The summed E-state index contributed by atoms with van der Waals surface area (Å²) < 4.78 is 2.16. The van der Waals surface area contributed by atoms with Crippen LogP contribution in [0.3, 0.4) is 0 Å². The van der Waals surface area contributed by atoms with E-state index in [0.717, 1.165) is 16.7 Å². The molecule has 0 aliphatic heterocycles. The van der Waals surface area contributed by atoms with Gasteiger partial charge < -0.3 is 4.57 Å². The van der Waals surface area contributed by atoms with Gasteiger partial charge in [-0.15, -0.1) is 0 Å². The monoisotopic (exact) mass is 203 g/mol. The molecule has 0 atom stereocenters. The predicted molar refractivity (Wildman–Crippen MR) is 61.9 cm³/mol. The van der Waals surface area contributed by atoms with Gasteiger partial charge in [-0.3, -0.25) is 0 Å². The minimum absolute atomic E-state index is 0.141. The average molecular weight is 203 g/mol. The lowest BCUT2D eigenvalue weighted by molar-refractivity contribution is 0.546. The minimum Gasteiger partial charge on any atom is -0.332 e. The second-order valence-corrected chi connectivity index (χ2v) is 5.03. The van der Waals surface area contributed by atoms with Crippen LogP contribution in [0.4, 0.5) is 0 Å². The SMILES string of the molecule is Cc1ncnc2c1cc(C(C)(C)C)n2C. The van der Waals surface area contributed by atoms with Crippen molar-refractivity contribution in [3.05, 3.63) is 23.8 Å². The molecule has 0 radical (unpaired) electrons. The van der Waals surface area contributed by atoms with Crippen molar-refractivity contribution in [1.82, 2.24) is 14.5 Å². The maximum atomic E-state index is 4.33. The molecule has 0 aromatic carbocycles. The zero-order chi connectivity index (χ0) is 11.2. The Morgan fingerprint density at radius 3 is 2.40 bits per heavy atom. The second-order valence-electron chi connectivity index (χ2n) is 5.03. The van der Waals surface area contributed by atoms with Crippen LogP contribution in [0.5, 0.6) is 0 Å². The van der Waals surface area contributed by atoms with E-state index in [9.17, 15) is 0 Å². The zero-order valence-corrected chi connectivity index (χ0v) is 10.00. The highest BCUT2D eigenvalue weighted by molar-refractivity contribution is 5.79. The first-order valence-corrected chi connectivity index (χ1v) is 5.19. The van der Waals surface area contributed by atoms with Crippen LogP contribution in [0, 0.1) is 6.92 Å². The van der Waals surface area contributed by atoms with Crippen molar-refractivity contribution in [2.45, 2.75) is 33.1 Å². The van der Waals surface area contributed by atoms with E-state index in [2.05, 4.69) is 48.4 Å². The number of fused-ring (bicyclic) bond motifs is 1. The van der Waals surface area contributed by atoms with Crippen molar-refractivity contribution in [3.63, 3.8) is 0 Å². The summed E-state index contributed by atoms with van der Waals surface area (Å²) >= 11 is 0. The Balaban J connectivity index is 2.81. The van der Waals surface area contributed by atoms with Gasteiger partial charge in [-0.2, -0.15) is 0 Å². The van der Waals surface area contributed by atoms with Gasteiger partial charge in [0.1, 0.15) is 12.0 Å². The molecule has 0 saturated heterocycles. The molecule has 80 valence electrons. The van der Waals surface area contributed by atoms with Crippen molar-refractivity contribution in [1.29, 1.82) is 0 Å². The smallest absolute Gasteiger partial charge is 0.143 e. The highest BCUT2D eigenvalue weighted by Crippen LogP contribution is 2.28. The van der Waals surface area contributed by atoms with Crippen LogP contribution in [0.2, 0.25) is 0 Å². The van der Waals surface area contributed by atoms with Gasteiger partial charge in [0.05, 0.1) is 5.69 Å². The molecule has 3 nitrogen and oxygen atoms in total. The average Bonchev–Trinajstić information content (AvgIpc) is 2.45. The van der Waals surface area contributed by atoms with E-state index in [0.29, 0.717) is 0 Å². The van der Waals surface area contributed by atoms with Crippen LogP contribution in [0.25, 0.3) is 11.0 Å². The summed E-state index contributed by atoms with van der Waals surface area (Å²) in [5.74, 6) is 0. The van der Waals surface area contributed by atoms with Gasteiger partial charge in [-0.25, -0.2) is 9.97 Å². The third-order valence-electron chi connectivity index (χ3n) is 2.79. The lowest BCUT2D eigenvalue weighted by Gasteiger charge is -2.19. The largest absolute Gasteiger partial charge is 0.332 e. The molecule has 3 heteroatoms. The molecule has 0 aliphatic rings. The number of rotatable bonds is 0. The third kappa shape index (κ3) is 1.52. The maximum absolute atomic E-state index is 4.33. The van der Waals surface area contributed by atoms with E-state index < -0.39 is 0 Å². The summed E-state index contributed by atoms with van der Waals surface area (Å²) in [5, 5.41) is 1.16. The van der Waals surface area contributed by atoms with Gasteiger partial charge in [0.2, 0.25) is 0 Å². The number of aromatic nitrogens is 3. The fourth-order valence-electron chi connectivity index (χ4n) is 1.97. The van der Waals surface area contributed by atoms with Crippen molar-refractivity contribution >= 4 is 11.0 Å². The first-order chi connectivity index (χ1) is 6.91. The lowest BCUT2D eigenvalue weighted by Crippen LogP contribution is -2.15. The van der Waals surface area contributed by atoms with Crippen LogP contribution in [-0.2, 0) is 12.5 Å². The van der Waals surface area contributed by atoms with E-state index in [4.69, 9.17) is 0 Å². The minimum atomic E-state index is 0.141. The van der Waals surface area contributed by atoms with Gasteiger partial charge in [0.15, 0.2) is 0 Å². The summed E-state index contributed by atoms with van der Waals surface area (Å²) in [6.45, 7) is 8.66. The molecule has 2 aromatic heterocycles. The van der Waals surface area contributed by atoms with E-state index in [-0.39, 0.29) is 5.41 Å². The summed E-state index contributed by atoms with van der Waals surface area (Å²) in [6, 6.07) is 2.20. The molecule has 0 bridgehead atoms. The molecule has 0 aliphatic carbocycles. The molecule has 2 heterocycles. The van der Waals surface area contributed by atoms with Crippen LogP contribution < -0.4 is 0 Å². The van der Waals surface area contributed by atoms with Crippen LogP contribution in [-0.4, -0.2) is 14.5 Å². The quantitative estimate of drug-likeness (QED) is 0.659. The van der Waals surface area contributed by atoms with Gasteiger partial charge >= 0.3 is 0 Å². The Morgan fingerprint density at radius 1 is 1.20 bits per heavy atom. The molecule has 2 aromatic rings. The molecule has 0 spiro atoms. The third-order valence-corrected chi connectivity index (χ3v) is 2.79. The summed E-state index contributed by atoms with van der Waals surface area (Å²) in [4.78, 5) is 8.55. The molecule has 0 fully saturated rings. The highest BCUT2D eigenvalue weighted by Gasteiger charge is 2.20. The van der Waals surface area contributed by atoms with E-state index in [1.54, 1.807) is 6.33 Å².